The Morgan fingerprint density at radius 2 is 1.65 bits per heavy atom. The summed E-state index contributed by atoms with van der Waals surface area (Å²) in [5.74, 6) is -0.460. The number of hydrogen-bond donors (Lipinski definition) is 0. The highest BCUT2D eigenvalue weighted by Gasteiger charge is 2.51. The van der Waals surface area contributed by atoms with Crippen LogP contribution in [0.5, 0.6) is 5.75 Å². The highest BCUT2D eigenvalue weighted by molar-refractivity contribution is 5.90. The molecule has 4 heterocycles. The molecule has 0 spiro atoms. The summed E-state index contributed by atoms with van der Waals surface area (Å²) in [5.41, 5.74) is 0.234. The summed E-state index contributed by atoms with van der Waals surface area (Å²) in [5, 5.41) is 0.780. The van der Waals surface area contributed by atoms with Crippen LogP contribution in [0, 0.1) is 0 Å². The Kier molecular flexibility index (Phi) is 7.27. The van der Waals surface area contributed by atoms with Crippen LogP contribution in [0.1, 0.15) is 84.1 Å². The molecule has 11 nitrogen and oxygen atoms in total. The monoisotopic (exact) mass is 592 g/mol. The zero-order valence-corrected chi connectivity index (χ0v) is 25.7. The lowest BCUT2D eigenvalue weighted by Gasteiger charge is -2.35. The number of fused-ring (bicyclic) bond motifs is 5. The molecular weight excluding hydrogens is 556 g/mol. The van der Waals surface area contributed by atoms with Crippen LogP contribution in [0.2, 0.25) is 0 Å². The molecular formula is C32H36N2O9. The van der Waals surface area contributed by atoms with Gasteiger partial charge in [-0.25, -0.2) is 19.4 Å². The number of ether oxygens (including phenoxy) is 5. The van der Waals surface area contributed by atoms with Crippen molar-refractivity contribution in [3.63, 3.8) is 0 Å². The molecule has 1 unspecified atom stereocenters. The molecule has 11 heteroatoms. The Morgan fingerprint density at radius 1 is 0.977 bits per heavy atom. The molecule has 43 heavy (non-hydrogen) atoms. The number of nitrogens with zero attached hydrogens (tertiary/aromatic N) is 2. The highest BCUT2D eigenvalue weighted by atomic mass is 16.8. The van der Waals surface area contributed by atoms with Gasteiger partial charge < -0.3 is 28.3 Å². The molecule has 0 radical (unpaired) electrons. The van der Waals surface area contributed by atoms with Crippen molar-refractivity contribution in [2.75, 3.05) is 0 Å². The van der Waals surface area contributed by atoms with Gasteiger partial charge >= 0.3 is 18.3 Å². The fraction of sp³-hybridized carbons (Fsp3) is 0.469. The first-order chi connectivity index (χ1) is 20.1. The largest absolute Gasteiger partial charge is 0.514 e. The van der Waals surface area contributed by atoms with E-state index >= 15 is 0 Å². The number of carbonyl (C=O) groups excluding carboxylic acids is 3. The van der Waals surface area contributed by atoms with Gasteiger partial charge in [-0.15, -0.1) is 0 Å². The van der Waals surface area contributed by atoms with Gasteiger partial charge in [-0.2, -0.15) is 0 Å². The van der Waals surface area contributed by atoms with Crippen molar-refractivity contribution in [1.82, 2.24) is 9.55 Å². The number of aromatic nitrogens is 2. The van der Waals surface area contributed by atoms with Crippen LogP contribution in [0.15, 0.2) is 29.1 Å². The van der Waals surface area contributed by atoms with Crippen molar-refractivity contribution in [3.05, 3.63) is 56.9 Å². The predicted octanol–water partition coefficient (Wildman–Crippen LogP) is 5.92. The molecule has 0 amide bonds. The molecule has 0 saturated heterocycles. The number of cyclic esters (lactones) is 1. The van der Waals surface area contributed by atoms with Gasteiger partial charge in [0.1, 0.15) is 23.6 Å². The molecule has 0 bridgehead atoms. The maximum absolute atomic E-state index is 13.9. The molecule has 1 aromatic carbocycles. The highest BCUT2D eigenvalue weighted by Crippen LogP contribution is 2.42. The van der Waals surface area contributed by atoms with Crippen LogP contribution in [0.4, 0.5) is 9.59 Å². The summed E-state index contributed by atoms with van der Waals surface area (Å²) >= 11 is 0. The van der Waals surface area contributed by atoms with E-state index in [1.54, 1.807) is 77.3 Å². The molecule has 0 aliphatic carbocycles. The zero-order valence-electron chi connectivity index (χ0n) is 25.7. The first-order valence-corrected chi connectivity index (χ1v) is 14.3. The van der Waals surface area contributed by atoms with Gasteiger partial charge in [0.25, 0.3) is 5.56 Å². The second-order valence-electron chi connectivity index (χ2n) is 12.7. The van der Waals surface area contributed by atoms with Crippen molar-refractivity contribution in [2.24, 2.45) is 0 Å². The minimum Gasteiger partial charge on any atom is -0.457 e. The van der Waals surface area contributed by atoms with E-state index in [9.17, 15) is 19.2 Å². The number of aryl methyl sites for hydroxylation is 1. The maximum Gasteiger partial charge on any atom is 0.514 e. The first-order valence-electron chi connectivity index (χ1n) is 14.3. The van der Waals surface area contributed by atoms with Crippen molar-refractivity contribution in [1.29, 1.82) is 0 Å². The summed E-state index contributed by atoms with van der Waals surface area (Å²) in [6, 6.07) is 6.82. The lowest BCUT2D eigenvalue weighted by Crippen LogP contribution is -2.48. The Balaban J connectivity index is 1.62. The Hall–Kier alpha value is -4.41. The molecule has 0 fully saturated rings. The average molecular weight is 593 g/mol. The van der Waals surface area contributed by atoms with E-state index in [0.29, 0.717) is 29.1 Å². The van der Waals surface area contributed by atoms with Crippen molar-refractivity contribution in [3.8, 4) is 17.1 Å². The smallest absolute Gasteiger partial charge is 0.457 e. The topological polar surface area (TPSA) is 132 Å². The predicted molar refractivity (Wildman–Crippen MR) is 156 cm³/mol. The number of carbonyl (C=O) groups is 3. The van der Waals surface area contributed by atoms with Crippen LogP contribution >= 0.6 is 0 Å². The van der Waals surface area contributed by atoms with E-state index in [-0.39, 0.29) is 36.3 Å². The molecule has 5 rings (SSSR count). The zero-order chi connectivity index (χ0) is 31.5. The van der Waals surface area contributed by atoms with Gasteiger partial charge in [-0.05, 0) is 84.2 Å². The molecule has 2 aliphatic rings. The average Bonchev–Trinajstić information content (AvgIpc) is 3.25. The third kappa shape index (κ3) is 5.44. The number of benzene rings is 1. The summed E-state index contributed by atoms with van der Waals surface area (Å²) in [6.07, 6.45) is -1.21. The van der Waals surface area contributed by atoms with Gasteiger partial charge in [0.2, 0.25) is 5.60 Å². The number of pyridine rings is 2. The van der Waals surface area contributed by atoms with E-state index in [4.69, 9.17) is 28.7 Å². The molecule has 2 aromatic heterocycles. The molecule has 228 valence electrons. The fourth-order valence-corrected chi connectivity index (χ4v) is 5.55. The molecule has 0 N–H and O–H groups in total. The van der Waals surface area contributed by atoms with Crippen molar-refractivity contribution in [2.45, 2.75) is 98.2 Å². The lowest BCUT2D eigenvalue weighted by atomic mass is 9.85. The minimum absolute atomic E-state index is 0.0274. The number of hydrogen-bond acceptors (Lipinski definition) is 10. The van der Waals surface area contributed by atoms with E-state index in [1.807, 2.05) is 6.92 Å². The molecule has 3 aromatic rings. The van der Waals surface area contributed by atoms with E-state index < -0.39 is 35.1 Å². The van der Waals surface area contributed by atoms with E-state index in [1.165, 1.54) is 0 Å². The Bertz CT molecular complexity index is 1730. The Labute approximate surface area is 249 Å². The second-order valence-corrected chi connectivity index (χ2v) is 12.7. The van der Waals surface area contributed by atoms with Gasteiger partial charge in [0.15, 0.2) is 0 Å². The molecule has 2 aliphatic heterocycles. The summed E-state index contributed by atoms with van der Waals surface area (Å²) in [4.78, 5) is 57.0. The van der Waals surface area contributed by atoms with Crippen LogP contribution in [0.3, 0.4) is 0 Å². The minimum atomic E-state index is -1.86. The van der Waals surface area contributed by atoms with Gasteiger partial charge in [0.05, 0.1) is 29.0 Å². The van der Waals surface area contributed by atoms with Crippen molar-refractivity contribution < 1.29 is 38.1 Å². The Morgan fingerprint density at radius 3 is 2.28 bits per heavy atom. The van der Waals surface area contributed by atoms with Crippen molar-refractivity contribution >= 4 is 29.2 Å². The van der Waals surface area contributed by atoms with Gasteiger partial charge in [-0.3, -0.25) is 4.79 Å². The quantitative estimate of drug-likeness (QED) is 0.160. The van der Waals surface area contributed by atoms with Crippen LogP contribution in [-0.4, -0.2) is 39.0 Å². The number of rotatable bonds is 4. The summed E-state index contributed by atoms with van der Waals surface area (Å²) in [7, 11) is 0. The lowest BCUT2D eigenvalue weighted by molar-refractivity contribution is -0.177. The standard InChI is InChI=1S/C32H36N2O9/c1-9-18-19-13-17(40-28(37)41-30(3,4)5)11-12-23(19)33-25-20(18)15-34-24(25)14-22-21(26(34)35)16-39-27(36)32(22,10-2)43-29(38)42-31(6,7)8/h11-14H,9-10,15-16H2,1-8H3. The third-order valence-electron chi connectivity index (χ3n) is 7.34. The molecule has 0 saturated carbocycles. The van der Waals surface area contributed by atoms with Crippen LogP contribution < -0.4 is 10.3 Å². The van der Waals surface area contributed by atoms with E-state index in [0.717, 1.165) is 16.5 Å². The summed E-state index contributed by atoms with van der Waals surface area (Å²) < 4.78 is 28.7. The van der Waals surface area contributed by atoms with Gasteiger partial charge in [0, 0.05) is 16.5 Å². The SMILES string of the molecule is CCc1c2c(nc3ccc(OC(=O)OC(C)(C)C)cc13)-c1cc3c(c(=O)n1C2)COC(=O)C3(CC)OC(=O)OC(C)(C)C. The number of esters is 1. The fourth-order valence-electron chi connectivity index (χ4n) is 5.55. The first kappa shape index (κ1) is 30.1. The van der Waals surface area contributed by atoms with Gasteiger partial charge in [-0.1, -0.05) is 13.8 Å². The normalized spacial score (nSPS) is 17.4. The maximum atomic E-state index is 13.9. The summed E-state index contributed by atoms with van der Waals surface area (Å²) in [6.45, 7) is 14.0. The molecule has 1 atom stereocenters. The van der Waals surface area contributed by atoms with E-state index in [2.05, 4.69) is 0 Å². The third-order valence-corrected chi connectivity index (χ3v) is 7.34. The van der Waals surface area contributed by atoms with Crippen LogP contribution in [-0.2, 0) is 48.9 Å². The van der Waals surface area contributed by atoms with Crippen LogP contribution in [0.25, 0.3) is 22.3 Å². The second kappa shape index (κ2) is 10.4.